The van der Waals surface area contributed by atoms with Gasteiger partial charge in [0.2, 0.25) is 0 Å². The number of hydrogen-bond acceptors (Lipinski definition) is 3. The maximum absolute atomic E-state index is 13.4. The van der Waals surface area contributed by atoms with Crippen molar-refractivity contribution < 1.29 is 19.1 Å². The molecule has 0 unspecified atom stereocenters. The molecule has 0 saturated carbocycles. The summed E-state index contributed by atoms with van der Waals surface area (Å²) in [4.78, 5) is 23.1. The van der Waals surface area contributed by atoms with Crippen molar-refractivity contribution >= 4 is 17.6 Å². The fraction of sp³-hybridized carbons (Fsp3) is 0.231. The van der Waals surface area contributed by atoms with Gasteiger partial charge in [0.05, 0.1) is 11.6 Å². The first-order valence-electron chi connectivity index (χ1n) is 5.81. The molecular formula is C13H13FN2O3. The third kappa shape index (κ3) is 2.90. The molecule has 1 aromatic carbocycles. The molecule has 2 rings (SSSR count). The van der Waals surface area contributed by atoms with Crippen molar-refractivity contribution in [1.82, 2.24) is 5.32 Å². The van der Waals surface area contributed by atoms with Crippen molar-refractivity contribution in [2.75, 3.05) is 11.9 Å². The van der Waals surface area contributed by atoms with Crippen LogP contribution in [-0.4, -0.2) is 23.5 Å². The molecule has 0 aliphatic carbocycles. The van der Waals surface area contributed by atoms with Gasteiger partial charge in [0.25, 0.3) is 5.91 Å². The number of amides is 1. The summed E-state index contributed by atoms with van der Waals surface area (Å²) in [5, 5.41) is 14.3. The minimum absolute atomic E-state index is 0.0307. The van der Waals surface area contributed by atoms with Gasteiger partial charge in [-0.2, -0.15) is 0 Å². The summed E-state index contributed by atoms with van der Waals surface area (Å²) in [7, 11) is 0. The van der Waals surface area contributed by atoms with Crippen LogP contribution in [0.15, 0.2) is 36.0 Å². The van der Waals surface area contributed by atoms with Gasteiger partial charge in [-0.1, -0.05) is 12.1 Å². The highest BCUT2D eigenvalue weighted by Crippen LogP contribution is 2.21. The lowest BCUT2D eigenvalue weighted by atomic mass is 9.93. The fourth-order valence-corrected chi connectivity index (χ4v) is 1.90. The van der Waals surface area contributed by atoms with E-state index in [1.54, 1.807) is 6.07 Å². The van der Waals surface area contributed by atoms with E-state index in [1.165, 1.54) is 24.4 Å². The van der Waals surface area contributed by atoms with Crippen molar-refractivity contribution in [1.29, 1.82) is 0 Å². The first-order valence-corrected chi connectivity index (χ1v) is 5.81. The molecule has 0 fully saturated rings. The minimum Gasteiger partial charge on any atom is -0.481 e. The highest BCUT2D eigenvalue weighted by molar-refractivity contribution is 6.07. The molecule has 1 heterocycles. The molecule has 0 aromatic heterocycles. The molecule has 5 nitrogen and oxygen atoms in total. The van der Waals surface area contributed by atoms with E-state index < -0.39 is 23.6 Å². The number of carbonyl (C=O) groups excluding carboxylic acids is 1. The van der Waals surface area contributed by atoms with Crippen molar-refractivity contribution in [2.24, 2.45) is 5.92 Å². The predicted octanol–water partition coefficient (Wildman–Crippen LogP) is 1.34. The first-order chi connectivity index (χ1) is 9.09. The van der Waals surface area contributed by atoms with Crippen LogP contribution in [0.5, 0.6) is 0 Å². The van der Waals surface area contributed by atoms with Crippen LogP contribution in [0.25, 0.3) is 0 Å². The number of para-hydroxylation sites is 1. The summed E-state index contributed by atoms with van der Waals surface area (Å²) in [6.45, 7) is 0.493. The molecule has 3 N–H and O–H groups in total. The highest BCUT2D eigenvalue weighted by atomic mass is 19.1. The van der Waals surface area contributed by atoms with Gasteiger partial charge >= 0.3 is 5.97 Å². The topological polar surface area (TPSA) is 78.4 Å². The van der Waals surface area contributed by atoms with E-state index >= 15 is 0 Å². The first kappa shape index (κ1) is 13.1. The Labute approximate surface area is 109 Å². The summed E-state index contributed by atoms with van der Waals surface area (Å²) in [6.07, 6.45) is 1.70. The van der Waals surface area contributed by atoms with Crippen LogP contribution in [-0.2, 0) is 9.59 Å². The van der Waals surface area contributed by atoms with E-state index in [1.807, 2.05) is 0 Å². The smallest absolute Gasteiger partial charge is 0.311 e. The van der Waals surface area contributed by atoms with Crippen LogP contribution in [0.2, 0.25) is 0 Å². The van der Waals surface area contributed by atoms with Crippen LogP contribution in [0.3, 0.4) is 0 Å². The molecule has 0 bridgehead atoms. The van der Waals surface area contributed by atoms with E-state index in [4.69, 9.17) is 5.11 Å². The summed E-state index contributed by atoms with van der Waals surface area (Å²) in [5.74, 6) is -3.10. The number of carboxylic acid groups (broad SMARTS) is 1. The molecule has 6 heteroatoms. The molecule has 1 amide bonds. The molecule has 100 valence electrons. The normalized spacial score (nSPS) is 18.2. The van der Waals surface area contributed by atoms with Crippen LogP contribution in [0.4, 0.5) is 10.1 Å². The second kappa shape index (κ2) is 5.51. The van der Waals surface area contributed by atoms with E-state index in [-0.39, 0.29) is 11.3 Å². The molecule has 1 aromatic rings. The number of nitrogens with one attached hydrogen (secondary N) is 2. The third-order valence-corrected chi connectivity index (χ3v) is 2.89. The Morgan fingerprint density at radius 3 is 2.79 bits per heavy atom. The number of carbonyl (C=O) groups is 2. The summed E-state index contributed by atoms with van der Waals surface area (Å²) in [5.41, 5.74) is 0.130. The van der Waals surface area contributed by atoms with Gasteiger partial charge in [0.15, 0.2) is 0 Å². The second-order valence-electron chi connectivity index (χ2n) is 4.17. The quantitative estimate of drug-likeness (QED) is 0.770. The van der Waals surface area contributed by atoms with Crippen LogP contribution in [0.1, 0.15) is 6.42 Å². The standard InChI is InChI=1S/C13H13FN2O3/c14-10-3-1-2-4-11(10)16-12(17)9-7-15-6-5-8(9)13(18)19/h1-4,7-8,15H,5-6H2,(H,16,17)(H,18,19)/t8-/m1/s1. The zero-order chi connectivity index (χ0) is 13.8. The lowest BCUT2D eigenvalue weighted by Gasteiger charge is -2.21. The monoisotopic (exact) mass is 264 g/mol. The molecule has 19 heavy (non-hydrogen) atoms. The molecule has 1 aliphatic rings. The van der Waals surface area contributed by atoms with Gasteiger partial charge in [-0.25, -0.2) is 4.39 Å². The Hall–Kier alpha value is -2.37. The summed E-state index contributed by atoms with van der Waals surface area (Å²) in [6, 6.07) is 5.73. The van der Waals surface area contributed by atoms with Crippen molar-refractivity contribution in [3.05, 3.63) is 41.9 Å². The molecule has 0 spiro atoms. The predicted molar refractivity (Wildman–Crippen MR) is 66.9 cm³/mol. The number of halogens is 1. The Bertz CT molecular complexity index is 542. The number of hydrogen-bond donors (Lipinski definition) is 3. The number of aliphatic carboxylic acids is 1. The maximum Gasteiger partial charge on any atom is 0.311 e. The lowest BCUT2D eigenvalue weighted by molar-refractivity contribution is -0.141. The summed E-state index contributed by atoms with van der Waals surface area (Å²) >= 11 is 0. The Morgan fingerprint density at radius 1 is 1.37 bits per heavy atom. The van der Waals surface area contributed by atoms with E-state index in [2.05, 4.69) is 10.6 Å². The lowest BCUT2D eigenvalue weighted by Crippen LogP contribution is -2.33. The van der Waals surface area contributed by atoms with Gasteiger partial charge in [0.1, 0.15) is 5.82 Å². The largest absolute Gasteiger partial charge is 0.481 e. The average molecular weight is 264 g/mol. The second-order valence-corrected chi connectivity index (χ2v) is 4.17. The molecule has 1 atom stereocenters. The highest BCUT2D eigenvalue weighted by Gasteiger charge is 2.29. The Morgan fingerprint density at radius 2 is 2.11 bits per heavy atom. The van der Waals surface area contributed by atoms with E-state index in [0.717, 1.165) is 0 Å². The SMILES string of the molecule is O=C(Nc1ccccc1F)C1=CNCC[C@H]1C(=O)O. The number of benzene rings is 1. The number of carboxylic acids is 1. The molecule has 0 radical (unpaired) electrons. The van der Waals surface area contributed by atoms with Crippen molar-refractivity contribution in [3.8, 4) is 0 Å². The van der Waals surface area contributed by atoms with Gasteiger partial charge in [-0.3, -0.25) is 9.59 Å². The number of anilines is 1. The van der Waals surface area contributed by atoms with Gasteiger partial charge < -0.3 is 15.7 Å². The van der Waals surface area contributed by atoms with Crippen molar-refractivity contribution in [3.63, 3.8) is 0 Å². The van der Waals surface area contributed by atoms with Gasteiger partial charge in [0, 0.05) is 18.3 Å². The molecular weight excluding hydrogens is 251 g/mol. The average Bonchev–Trinajstić information content (AvgIpc) is 2.41. The third-order valence-electron chi connectivity index (χ3n) is 2.89. The van der Waals surface area contributed by atoms with Crippen LogP contribution < -0.4 is 10.6 Å². The van der Waals surface area contributed by atoms with Crippen molar-refractivity contribution in [2.45, 2.75) is 6.42 Å². The van der Waals surface area contributed by atoms with Crippen LogP contribution in [0, 0.1) is 11.7 Å². The van der Waals surface area contributed by atoms with E-state index in [0.29, 0.717) is 13.0 Å². The Kier molecular flexibility index (Phi) is 3.79. The Balaban J connectivity index is 2.17. The zero-order valence-electron chi connectivity index (χ0n) is 10.0. The van der Waals surface area contributed by atoms with E-state index in [9.17, 15) is 14.0 Å². The molecule has 1 aliphatic heterocycles. The maximum atomic E-state index is 13.4. The summed E-state index contributed by atoms with van der Waals surface area (Å²) < 4.78 is 13.4. The van der Waals surface area contributed by atoms with Gasteiger partial charge in [-0.05, 0) is 18.6 Å². The fourth-order valence-electron chi connectivity index (χ4n) is 1.90. The number of rotatable bonds is 3. The van der Waals surface area contributed by atoms with Crippen LogP contribution >= 0.6 is 0 Å². The zero-order valence-corrected chi connectivity index (χ0v) is 10.0. The van der Waals surface area contributed by atoms with Gasteiger partial charge in [-0.15, -0.1) is 0 Å². The molecule has 0 saturated heterocycles. The minimum atomic E-state index is -1.06.